The zero-order chi connectivity index (χ0) is 50.1. The first-order chi connectivity index (χ1) is 30.1. The van der Waals surface area contributed by atoms with Gasteiger partial charge in [-0.2, -0.15) is 52.7 Å². The SMILES string of the molecule is FC(F)C(F)(F)COc1cc2c3cc(OCC(F)(F)C(F)F)c(OCC(F)(F)C(F)F)cc3c3cc(OCC(F)(F)C(F)F)c(OCC(F)(F)C(F)F)cc3c2cc1OCC(F)(F)C(F)F. The number of fused-ring (bicyclic) bond motifs is 6. The summed E-state index contributed by atoms with van der Waals surface area (Å²) < 4.78 is 353. The zero-order valence-corrected chi connectivity index (χ0v) is 31.7. The van der Waals surface area contributed by atoms with Gasteiger partial charge in [-0.3, -0.25) is 0 Å². The van der Waals surface area contributed by atoms with Crippen molar-refractivity contribution >= 4 is 32.3 Å². The summed E-state index contributed by atoms with van der Waals surface area (Å²) in [6.45, 7) is -14.4. The van der Waals surface area contributed by atoms with E-state index in [1.54, 1.807) is 0 Å². The normalized spacial score (nSPS) is 13.7. The van der Waals surface area contributed by atoms with Crippen LogP contribution in [0.25, 0.3) is 32.3 Å². The first-order valence-corrected chi connectivity index (χ1v) is 17.4. The van der Waals surface area contributed by atoms with Crippen molar-refractivity contribution in [3.8, 4) is 34.5 Å². The fourth-order valence-corrected chi connectivity index (χ4v) is 5.12. The first-order valence-electron chi connectivity index (χ1n) is 17.4. The molecule has 0 atom stereocenters. The molecule has 0 heterocycles. The monoisotopic (exact) mass is 1010 g/mol. The van der Waals surface area contributed by atoms with Crippen molar-refractivity contribution in [2.24, 2.45) is 0 Å². The molecule has 0 saturated heterocycles. The van der Waals surface area contributed by atoms with Crippen LogP contribution in [0.15, 0.2) is 36.4 Å². The predicted octanol–water partition coefficient (Wildman–Crippen LogP) is 12.8. The Morgan fingerprint density at radius 2 is 0.348 bits per heavy atom. The molecule has 4 aromatic rings. The van der Waals surface area contributed by atoms with Crippen molar-refractivity contribution in [1.29, 1.82) is 0 Å². The minimum Gasteiger partial charge on any atom is -0.483 e. The van der Waals surface area contributed by atoms with Crippen molar-refractivity contribution in [2.45, 2.75) is 74.1 Å². The van der Waals surface area contributed by atoms with Crippen LogP contribution in [0.5, 0.6) is 34.5 Å². The summed E-state index contributed by atoms with van der Waals surface area (Å²) in [6.07, 6.45) is -27.2. The summed E-state index contributed by atoms with van der Waals surface area (Å²) in [6, 6.07) is 1.90. The molecular formula is C36H24F24O6. The Kier molecular flexibility index (Phi) is 15.8. The molecular weight excluding hydrogens is 984 g/mol. The molecule has 0 spiro atoms. The van der Waals surface area contributed by atoms with E-state index in [1.807, 2.05) is 0 Å². The second-order valence-electron chi connectivity index (χ2n) is 13.6. The molecule has 0 fully saturated rings. The van der Waals surface area contributed by atoms with E-state index in [0.717, 1.165) is 0 Å². The number of alkyl halides is 24. The predicted molar refractivity (Wildman–Crippen MR) is 178 cm³/mol. The van der Waals surface area contributed by atoms with Crippen LogP contribution in [0.4, 0.5) is 105 Å². The van der Waals surface area contributed by atoms with Crippen LogP contribution in [0, 0.1) is 0 Å². The average Bonchev–Trinajstić information content (AvgIpc) is 3.21. The molecule has 0 unspecified atom stereocenters. The molecule has 0 aliphatic carbocycles. The average molecular weight is 1010 g/mol. The second-order valence-corrected chi connectivity index (χ2v) is 13.6. The second kappa shape index (κ2) is 19.6. The standard InChI is InChI=1S/C36H24F24O6/c37-25(38)31(49,50)7-61-19-1-13-14(2-20(19)62-8-32(51,52)26(39)40)16-4-23(65-11-35(57,58)29(45)46)24(66-12-36(59,60)30(47)48)6-18(16)17-5-22(64-10-34(55,56)28(43)44)21(3-15(13)17)63-9-33(53,54)27(41)42/h1-6,25-30H,7-12H2. The van der Waals surface area contributed by atoms with E-state index in [-0.39, 0.29) is 0 Å². The molecule has 6 nitrogen and oxygen atoms in total. The lowest BCUT2D eigenvalue weighted by Crippen LogP contribution is -2.35. The number of rotatable bonds is 24. The van der Waals surface area contributed by atoms with Gasteiger partial charge in [0.2, 0.25) is 0 Å². The molecule has 0 aliphatic heterocycles. The minimum atomic E-state index is -5.13. The minimum absolute atomic E-state index is 0.316. The number of hydrogen-bond acceptors (Lipinski definition) is 6. The van der Waals surface area contributed by atoms with Crippen LogP contribution in [0.3, 0.4) is 0 Å². The molecule has 0 radical (unpaired) electrons. The van der Waals surface area contributed by atoms with Crippen LogP contribution in [0.2, 0.25) is 0 Å². The lowest BCUT2D eigenvalue weighted by Gasteiger charge is -2.24. The van der Waals surface area contributed by atoms with Gasteiger partial charge in [0.1, 0.15) is 0 Å². The highest BCUT2D eigenvalue weighted by molar-refractivity contribution is 6.26. The lowest BCUT2D eigenvalue weighted by atomic mass is 9.93. The summed E-state index contributed by atoms with van der Waals surface area (Å²) in [4.78, 5) is 0. The maximum atomic E-state index is 14.0. The van der Waals surface area contributed by atoms with Gasteiger partial charge in [-0.05, 0) is 68.7 Å². The molecule has 0 amide bonds. The Hall–Kier alpha value is -5.22. The quantitative estimate of drug-likeness (QED) is 0.0515. The maximum absolute atomic E-state index is 14.0. The highest BCUT2D eigenvalue weighted by atomic mass is 19.3. The van der Waals surface area contributed by atoms with Crippen LogP contribution in [0.1, 0.15) is 0 Å². The first kappa shape index (κ1) is 53.4. The summed E-state index contributed by atoms with van der Waals surface area (Å²) in [5.41, 5.74) is 0. The molecule has 0 aliphatic rings. The van der Waals surface area contributed by atoms with Crippen molar-refractivity contribution in [3.05, 3.63) is 36.4 Å². The Balaban J connectivity index is 2.23. The van der Waals surface area contributed by atoms with Crippen LogP contribution < -0.4 is 28.4 Å². The van der Waals surface area contributed by atoms with E-state index in [9.17, 15) is 105 Å². The van der Waals surface area contributed by atoms with Crippen LogP contribution in [-0.2, 0) is 0 Å². The summed E-state index contributed by atoms with van der Waals surface area (Å²) in [5.74, 6) is -39.1. The topological polar surface area (TPSA) is 55.4 Å². The summed E-state index contributed by atoms with van der Waals surface area (Å²) >= 11 is 0. The molecule has 372 valence electrons. The Labute approximate surface area is 351 Å². The smallest absolute Gasteiger partial charge is 0.340 e. The van der Waals surface area contributed by atoms with Gasteiger partial charge in [0.25, 0.3) is 0 Å². The molecule has 4 rings (SSSR count). The van der Waals surface area contributed by atoms with E-state index in [0.29, 0.717) is 36.4 Å². The number of hydrogen-bond donors (Lipinski definition) is 0. The number of ether oxygens (including phenoxy) is 6. The van der Waals surface area contributed by atoms with E-state index in [1.165, 1.54) is 0 Å². The molecule has 0 saturated carbocycles. The number of halogens is 24. The maximum Gasteiger partial charge on any atom is 0.340 e. The highest BCUT2D eigenvalue weighted by Gasteiger charge is 2.47. The third kappa shape index (κ3) is 12.2. The van der Waals surface area contributed by atoms with E-state index in [2.05, 4.69) is 28.4 Å². The van der Waals surface area contributed by atoms with Crippen molar-refractivity contribution < 1.29 is 134 Å². The molecule has 0 N–H and O–H groups in total. The van der Waals surface area contributed by atoms with E-state index in [4.69, 9.17) is 0 Å². The van der Waals surface area contributed by atoms with Crippen molar-refractivity contribution in [3.63, 3.8) is 0 Å². The number of benzene rings is 4. The Morgan fingerprint density at radius 1 is 0.242 bits per heavy atom. The van der Waals surface area contributed by atoms with Gasteiger partial charge in [-0.25, -0.2) is 52.7 Å². The third-order valence-corrected chi connectivity index (χ3v) is 8.56. The van der Waals surface area contributed by atoms with Gasteiger partial charge in [0.05, 0.1) is 0 Å². The van der Waals surface area contributed by atoms with Gasteiger partial charge >= 0.3 is 74.1 Å². The van der Waals surface area contributed by atoms with Crippen LogP contribution in [-0.4, -0.2) is 114 Å². The van der Waals surface area contributed by atoms with Gasteiger partial charge in [-0.15, -0.1) is 0 Å². The Bertz CT molecular complexity index is 1870. The van der Waals surface area contributed by atoms with Gasteiger partial charge in [-0.1, -0.05) is 0 Å². The summed E-state index contributed by atoms with van der Waals surface area (Å²) in [5, 5.41) is -4.85. The van der Waals surface area contributed by atoms with Crippen molar-refractivity contribution in [2.75, 3.05) is 39.6 Å². The Morgan fingerprint density at radius 3 is 0.439 bits per heavy atom. The molecule has 4 aromatic carbocycles. The molecule has 66 heavy (non-hydrogen) atoms. The van der Waals surface area contributed by atoms with E-state index >= 15 is 0 Å². The van der Waals surface area contributed by atoms with Gasteiger partial charge < -0.3 is 28.4 Å². The molecule has 0 aromatic heterocycles. The molecule has 0 bridgehead atoms. The van der Waals surface area contributed by atoms with E-state index < -0.39 is 181 Å². The van der Waals surface area contributed by atoms with Crippen molar-refractivity contribution in [1.82, 2.24) is 0 Å². The third-order valence-electron chi connectivity index (χ3n) is 8.56. The van der Waals surface area contributed by atoms with Gasteiger partial charge in [0.15, 0.2) is 74.1 Å². The van der Waals surface area contributed by atoms with Crippen LogP contribution >= 0.6 is 0 Å². The fourth-order valence-electron chi connectivity index (χ4n) is 5.12. The fraction of sp³-hybridized carbons (Fsp3) is 0.500. The molecule has 30 heteroatoms. The lowest BCUT2D eigenvalue weighted by molar-refractivity contribution is -0.151. The summed E-state index contributed by atoms with van der Waals surface area (Å²) in [7, 11) is 0. The highest BCUT2D eigenvalue weighted by Crippen LogP contribution is 2.49. The van der Waals surface area contributed by atoms with Gasteiger partial charge in [0, 0.05) is 0 Å². The zero-order valence-electron chi connectivity index (χ0n) is 31.7. The largest absolute Gasteiger partial charge is 0.483 e.